The first-order valence-electron chi connectivity index (χ1n) is 3.34. The van der Waals surface area contributed by atoms with Crippen LogP contribution in [-0.4, -0.2) is 11.0 Å². The van der Waals surface area contributed by atoms with Crippen molar-refractivity contribution < 1.29 is 5.11 Å². The first kappa shape index (κ1) is 10.3. The second-order valence-electron chi connectivity index (χ2n) is 2.34. The number of alkyl halides is 1. The van der Waals surface area contributed by atoms with Crippen molar-refractivity contribution in [3.05, 3.63) is 33.3 Å². The van der Waals surface area contributed by atoms with Gasteiger partial charge < -0.3 is 5.11 Å². The van der Waals surface area contributed by atoms with E-state index in [4.69, 9.17) is 23.2 Å². The normalized spacial score (nSPS) is 13.0. The van der Waals surface area contributed by atoms with Crippen LogP contribution in [0.15, 0.2) is 22.7 Å². The predicted molar refractivity (Wildman–Crippen MR) is 54.8 cm³/mol. The van der Waals surface area contributed by atoms with E-state index in [9.17, 15) is 5.11 Å². The molecule has 0 saturated heterocycles. The Labute approximate surface area is 89.4 Å². The van der Waals surface area contributed by atoms with Crippen LogP contribution in [0.1, 0.15) is 11.7 Å². The van der Waals surface area contributed by atoms with Gasteiger partial charge in [0.25, 0.3) is 0 Å². The lowest BCUT2D eigenvalue weighted by atomic mass is 10.1. The van der Waals surface area contributed by atoms with E-state index in [0.717, 1.165) is 10.0 Å². The first-order chi connectivity index (χ1) is 5.65. The maximum Gasteiger partial charge on any atom is 0.0936 e. The highest BCUT2D eigenvalue weighted by Crippen LogP contribution is 2.27. The monoisotopic (exact) mass is 268 g/mol. The van der Waals surface area contributed by atoms with E-state index in [1.165, 1.54) is 0 Å². The summed E-state index contributed by atoms with van der Waals surface area (Å²) in [6.07, 6.45) is -0.640. The van der Waals surface area contributed by atoms with Crippen molar-refractivity contribution in [1.29, 1.82) is 0 Å². The molecule has 0 fully saturated rings. The Hall–Kier alpha value is 0.240. The standard InChI is InChI=1S/C8H7BrCl2O/c9-7-3-5(11)1-2-6(7)8(12)4-10/h1-3,8,12H,4H2/t8-/m0/s1. The largest absolute Gasteiger partial charge is 0.387 e. The Morgan fingerprint density at radius 1 is 1.50 bits per heavy atom. The molecule has 12 heavy (non-hydrogen) atoms. The van der Waals surface area contributed by atoms with Crippen LogP contribution in [0.2, 0.25) is 5.02 Å². The van der Waals surface area contributed by atoms with E-state index >= 15 is 0 Å². The molecule has 4 heteroatoms. The van der Waals surface area contributed by atoms with Crippen molar-refractivity contribution >= 4 is 39.1 Å². The molecule has 0 heterocycles. The van der Waals surface area contributed by atoms with Crippen LogP contribution in [0.5, 0.6) is 0 Å². The summed E-state index contributed by atoms with van der Waals surface area (Å²) in [5.41, 5.74) is 0.759. The van der Waals surface area contributed by atoms with Gasteiger partial charge in [-0.05, 0) is 17.7 Å². The Bertz CT molecular complexity index is 278. The highest BCUT2D eigenvalue weighted by molar-refractivity contribution is 9.10. The van der Waals surface area contributed by atoms with Gasteiger partial charge in [0, 0.05) is 9.50 Å². The maximum atomic E-state index is 9.40. The quantitative estimate of drug-likeness (QED) is 0.817. The fourth-order valence-corrected chi connectivity index (χ4v) is 1.97. The van der Waals surface area contributed by atoms with Crippen LogP contribution >= 0.6 is 39.1 Å². The molecule has 0 saturated carbocycles. The molecular formula is C8H7BrCl2O. The third-order valence-electron chi connectivity index (χ3n) is 1.47. The van der Waals surface area contributed by atoms with E-state index in [0.29, 0.717) is 5.02 Å². The lowest BCUT2D eigenvalue weighted by molar-refractivity contribution is 0.202. The van der Waals surface area contributed by atoms with Gasteiger partial charge in [0.15, 0.2) is 0 Å². The molecular weight excluding hydrogens is 263 g/mol. The van der Waals surface area contributed by atoms with Crippen LogP contribution in [0, 0.1) is 0 Å². The molecule has 0 spiro atoms. The smallest absolute Gasteiger partial charge is 0.0936 e. The first-order valence-corrected chi connectivity index (χ1v) is 5.04. The molecule has 0 aliphatic heterocycles. The summed E-state index contributed by atoms with van der Waals surface area (Å²) in [5.74, 6) is 0.181. The number of rotatable bonds is 2. The summed E-state index contributed by atoms with van der Waals surface area (Å²) < 4.78 is 0.781. The topological polar surface area (TPSA) is 20.2 Å². The molecule has 1 aromatic rings. The molecule has 0 aliphatic rings. The summed E-state index contributed by atoms with van der Waals surface area (Å²) in [6, 6.07) is 5.20. The minimum Gasteiger partial charge on any atom is -0.387 e. The Kier molecular flexibility index (Phi) is 3.84. The van der Waals surface area contributed by atoms with Gasteiger partial charge in [0.1, 0.15) is 0 Å². The van der Waals surface area contributed by atoms with E-state index in [2.05, 4.69) is 15.9 Å². The van der Waals surface area contributed by atoms with E-state index in [-0.39, 0.29) is 5.88 Å². The molecule has 1 rings (SSSR count). The minimum atomic E-state index is -0.640. The number of aliphatic hydroxyl groups is 1. The summed E-state index contributed by atoms with van der Waals surface area (Å²) in [7, 11) is 0. The molecule has 0 amide bonds. The molecule has 0 aliphatic carbocycles. The van der Waals surface area contributed by atoms with Crippen molar-refractivity contribution in [1.82, 2.24) is 0 Å². The second-order valence-corrected chi connectivity index (χ2v) is 3.94. The summed E-state index contributed by atoms with van der Waals surface area (Å²) in [5, 5.41) is 10.0. The fraction of sp³-hybridized carbons (Fsp3) is 0.250. The summed E-state index contributed by atoms with van der Waals surface area (Å²) in [4.78, 5) is 0. The molecule has 0 aromatic heterocycles. The highest BCUT2D eigenvalue weighted by atomic mass is 79.9. The number of benzene rings is 1. The van der Waals surface area contributed by atoms with Crippen molar-refractivity contribution in [3.8, 4) is 0 Å². The molecule has 0 unspecified atom stereocenters. The van der Waals surface area contributed by atoms with Crippen molar-refractivity contribution in [2.24, 2.45) is 0 Å². The van der Waals surface area contributed by atoms with E-state index in [1.54, 1.807) is 18.2 Å². The van der Waals surface area contributed by atoms with Gasteiger partial charge in [-0.25, -0.2) is 0 Å². The van der Waals surface area contributed by atoms with Gasteiger partial charge >= 0.3 is 0 Å². The predicted octanol–water partition coefficient (Wildman–Crippen LogP) is 3.37. The number of hydrogen-bond donors (Lipinski definition) is 1. The van der Waals surface area contributed by atoms with Crippen molar-refractivity contribution in [3.63, 3.8) is 0 Å². The van der Waals surface area contributed by atoms with Gasteiger partial charge in [0.05, 0.1) is 12.0 Å². The molecule has 0 bridgehead atoms. The van der Waals surface area contributed by atoms with Crippen molar-refractivity contribution in [2.75, 3.05) is 5.88 Å². The zero-order chi connectivity index (χ0) is 9.14. The lowest BCUT2D eigenvalue weighted by Gasteiger charge is -2.09. The lowest BCUT2D eigenvalue weighted by Crippen LogP contribution is -1.99. The van der Waals surface area contributed by atoms with Crippen LogP contribution in [0.4, 0.5) is 0 Å². The van der Waals surface area contributed by atoms with Crippen LogP contribution in [0.3, 0.4) is 0 Å². The average molecular weight is 270 g/mol. The van der Waals surface area contributed by atoms with Gasteiger partial charge in [-0.3, -0.25) is 0 Å². The van der Waals surface area contributed by atoms with Gasteiger partial charge in [-0.2, -0.15) is 0 Å². The highest BCUT2D eigenvalue weighted by Gasteiger charge is 2.09. The third-order valence-corrected chi connectivity index (χ3v) is 2.68. The number of halogens is 3. The molecule has 1 N–H and O–H groups in total. The van der Waals surface area contributed by atoms with E-state index in [1.807, 2.05) is 0 Å². The van der Waals surface area contributed by atoms with Crippen molar-refractivity contribution in [2.45, 2.75) is 6.10 Å². The maximum absolute atomic E-state index is 9.40. The van der Waals surface area contributed by atoms with Crippen LogP contribution in [0.25, 0.3) is 0 Å². The Balaban J connectivity index is 3.01. The Morgan fingerprint density at radius 2 is 2.17 bits per heavy atom. The number of aliphatic hydroxyl groups excluding tert-OH is 1. The molecule has 66 valence electrons. The second kappa shape index (κ2) is 4.47. The zero-order valence-corrected chi connectivity index (χ0v) is 9.20. The third kappa shape index (κ3) is 2.36. The van der Waals surface area contributed by atoms with Gasteiger partial charge in [-0.15, -0.1) is 11.6 Å². The zero-order valence-electron chi connectivity index (χ0n) is 6.10. The average Bonchev–Trinajstić information content (AvgIpc) is 2.03. The fourth-order valence-electron chi connectivity index (χ4n) is 0.855. The van der Waals surface area contributed by atoms with Gasteiger partial charge in [-0.1, -0.05) is 33.6 Å². The Morgan fingerprint density at radius 3 is 2.67 bits per heavy atom. The minimum absolute atomic E-state index is 0.181. The molecule has 1 aromatic carbocycles. The van der Waals surface area contributed by atoms with Gasteiger partial charge in [0.2, 0.25) is 0 Å². The summed E-state index contributed by atoms with van der Waals surface area (Å²) >= 11 is 14.5. The van der Waals surface area contributed by atoms with Crippen LogP contribution < -0.4 is 0 Å². The molecule has 1 nitrogen and oxygen atoms in total. The number of hydrogen-bond acceptors (Lipinski definition) is 1. The SMILES string of the molecule is O[C@@H](CCl)c1ccc(Cl)cc1Br. The van der Waals surface area contributed by atoms with Crippen LogP contribution in [-0.2, 0) is 0 Å². The summed E-state index contributed by atoms with van der Waals surface area (Å²) in [6.45, 7) is 0. The molecule has 0 radical (unpaired) electrons. The molecule has 1 atom stereocenters. The van der Waals surface area contributed by atoms with E-state index < -0.39 is 6.10 Å².